The summed E-state index contributed by atoms with van der Waals surface area (Å²) >= 11 is 1.88. The van der Waals surface area contributed by atoms with Gasteiger partial charge < -0.3 is 5.32 Å². The van der Waals surface area contributed by atoms with Gasteiger partial charge in [-0.1, -0.05) is 24.6 Å². The number of amidine groups is 1. The van der Waals surface area contributed by atoms with E-state index >= 15 is 0 Å². The molecular formula is C13H20N4S. The van der Waals surface area contributed by atoms with E-state index < -0.39 is 0 Å². The minimum absolute atomic E-state index is 0.369. The molecule has 2 aliphatic rings. The molecule has 0 atom stereocenters. The minimum Gasteiger partial charge on any atom is -0.359 e. The van der Waals surface area contributed by atoms with Gasteiger partial charge in [-0.25, -0.2) is 0 Å². The Bertz CT molecular complexity index is 471. The van der Waals surface area contributed by atoms with Crippen LogP contribution in [0.25, 0.3) is 0 Å². The van der Waals surface area contributed by atoms with Gasteiger partial charge >= 0.3 is 0 Å². The maximum Gasteiger partial charge on any atom is 0.157 e. The van der Waals surface area contributed by atoms with Gasteiger partial charge in [0.25, 0.3) is 0 Å². The van der Waals surface area contributed by atoms with E-state index in [-0.39, 0.29) is 0 Å². The third kappa shape index (κ3) is 2.16. The lowest BCUT2D eigenvalue weighted by molar-refractivity contribution is 0.452. The highest BCUT2D eigenvalue weighted by atomic mass is 32.2. The van der Waals surface area contributed by atoms with Crippen molar-refractivity contribution in [2.45, 2.75) is 44.7 Å². The van der Waals surface area contributed by atoms with Crippen LogP contribution >= 0.6 is 11.8 Å². The average Bonchev–Trinajstić information content (AvgIpc) is 3.05. The Kier molecular flexibility index (Phi) is 3.09. The molecule has 1 aromatic heterocycles. The molecule has 0 bridgehead atoms. The molecule has 1 N–H and O–H groups in total. The summed E-state index contributed by atoms with van der Waals surface area (Å²) < 4.78 is 1.91. The van der Waals surface area contributed by atoms with Crippen LogP contribution in [0.2, 0.25) is 0 Å². The van der Waals surface area contributed by atoms with E-state index in [1.807, 2.05) is 29.7 Å². The van der Waals surface area contributed by atoms with Gasteiger partial charge in [-0.15, -0.1) is 0 Å². The van der Waals surface area contributed by atoms with Crippen molar-refractivity contribution >= 4 is 16.9 Å². The molecule has 1 spiro atoms. The van der Waals surface area contributed by atoms with E-state index in [1.165, 1.54) is 42.7 Å². The second-order valence-electron chi connectivity index (χ2n) is 5.40. The van der Waals surface area contributed by atoms with E-state index in [9.17, 15) is 0 Å². The van der Waals surface area contributed by atoms with E-state index in [0.29, 0.717) is 5.54 Å². The molecule has 18 heavy (non-hydrogen) atoms. The quantitative estimate of drug-likeness (QED) is 0.890. The number of thioether (sulfide) groups is 1. The summed E-state index contributed by atoms with van der Waals surface area (Å²) in [5.41, 5.74) is 2.80. The number of rotatable bonds is 2. The zero-order chi connectivity index (χ0) is 12.6. The molecule has 0 aromatic carbocycles. The van der Waals surface area contributed by atoms with E-state index in [1.54, 1.807) is 0 Å². The lowest BCUT2D eigenvalue weighted by Crippen LogP contribution is -2.40. The molecule has 0 unspecified atom stereocenters. The largest absolute Gasteiger partial charge is 0.359 e. The van der Waals surface area contributed by atoms with Crippen LogP contribution in [0.5, 0.6) is 0 Å². The van der Waals surface area contributed by atoms with Crippen LogP contribution in [0.4, 0.5) is 0 Å². The topological polar surface area (TPSA) is 42.2 Å². The van der Waals surface area contributed by atoms with Crippen molar-refractivity contribution < 1.29 is 0 Å². The molecule has 4 nitrogen and oxygen atoms in total. The maximum absolute atomic E-state index is 4.70. The van der Waals surface area contributed by atoms with Gasteiger partial charge in [0, 0.05) is 29.6 Å². The molecule has 1 saturated carbocycles. The fraction of sp³-hybridized carbons (Fsp3) is 0.692. The number of aliphatic imine (C=N–C) groups is 1. The first-order valence-corrected chi connectivity index (χ1v) is 7.60. The summed E-state index contributed by atoms with van der Waals surface area (Å²) in [5.74, 6) is 1.19. The molecule has 1 aliphatic heterocycles. The Balaban J connectivity index is 1.66. The lowest BCUT2D eigenvalue weighted by Gasteiger charge is -2.21. The summed E-state index contributed by atoms with van der Waals surface area (Å²) in [6.45, 7) is 2.83. The number of aromatic nitrogens is 2. The lowest BCUT2D eigenvalue weighted by atomic mass is 10.0. The molecular weight excluding hydrogens is 244 g/mol. The van der Waals surface area contributed by atoms with E-state index in [0.717, 1.165) is 11.7 Å². The second kappa shape index (κ2) is 4.61. The van der Waals surface area contributed by atoms with Crippen LogP contribution in [-0.4, -0.2) is 26.2 Å². The van der Waals surface area contributed by atoms with Crippen molar-refractivity contribution in [1.29, 1.82) is 0 Å². The first kappa shape index (κ1) is 12.1. The van der Waals surface area contributed by atoms with Crippen LogP contribution in [0.1, 0.15) is 36.9 Å². The van der Waals surface area contributed by atoms with Crippen molar-refractivity contribution in [1.82, 2.24) is 15.1 Å². The Morgan fingerprint density at radius 2 is 2.28 bits per heavy atom. The predicted octanol–water partition coefficient (Wildman–Crippen LogP) is 2.23. The number of nitrogens with zero attached hydrogens (tertiary/aromatic N) is 3. The molecule has 1 aromatic rings. The van der Waals surface area contributed by atoms with Gasteiger partial charge in [-0.3, -0.25) is 9.67 Å². The number of aryl methyl sites for hydroxylation is 1. The van der Waals surface area contributed by atoms with Crippen LogP contribution in [-0.2, 0) is 13.6 Å². The van der Waals surface area contributed by atoms with Crippen molar-refractivity contribution in [3.63, 3.8) is 0 Å². The van der Waals surface area contributed by atoms with Crippen LogP contribution in [0.15, 0.2) is 11.2 Å². The number of nitrogens with one attached hydrogen (secondary N) is 1. The normalized spacial score (nSPS) is 24.0. The molecule has 1 saturated heterocycles. The van der Waals surface area contributed by atoms with Gasteiger partial charge in [-0.2, -0.15) is 5.10 Å². The smallest absolute Gasteiger partial charge is 0.157 e. The second-order valence-corrected chi connectivity index (χ2v) is 6.37. The van der Waals surface area contributed by atoms with Gasteiger partial charge in [0.05, 0.1) is 12.7 Å². The SMILES string of the molecule is Cc1c(CN=C2NC3(CCCC3)CS2)cnn1C. The zero-order valence-electron chi connectivity index (χ0n) is 11.1. The summed E-state index contributed by atoms with van der Waals surface area (Å²) in [4.78, 5) is 4.70. The van der Waals surface area contributed by atoms with Gasteiger partial charge in [-0.05, 0) is 19.8 Å². The summed E-state index contributed by atoms with van der Waals surface area (Å²) in [7, 11) is 1.97. The van der Waals surface area contributed by atoms with Crippen molar-refractivity contribution in [2.24, 2.45) is 12.0 Å². The summed E-state index contributed by atoms with van der Waals surface area (Å²) in [6, 6.07) is 0. The fourth-order valence-electron chi connectivity index (χ4n) is 2.77. The standard InChI is InChI=1S/C13H20N4S/c1-10-11(8-15-17(10)2)7-14-12-16-13(9-18-12)5-3-4-6-13/h8H,3-7,9H2,1-2H3,(H,14,16). The van der Waals surface area contributed by atoms with Crippen LogP contribution in [0.3, 0.4) is 0 Å². The molecule has 2 heterocycles. The highest BCUT2D eigenvalue weighted by Gasteiger charge is 2.39. The molecule has 5 heteroatoms. The monoisotopic (exact) mass is 264 g/mol. The summed E-state index contributed by atoms with van der Waals surface area (Å²) in [6.07, 6.45) is 7.27. The van der Waals surface area contributed by atoms with Crippen LogP contribution < -0.4 is 5.32 Å². The molecule has 0 radical (unpaired) electrons. The molecule has 3 rings (SSSR count). The fourth-order valence-corrected chi connectivity index (χ4v) is 3.99. The van der Waals surface area contributed by atoms with Crippen molar-refractivity contribution in [3.05, 3.63) is 17.5 Å². The Hall–Kier alpha value is -0.970. The first-order chi connectivity index (χ1) is 8.69. The van der Waals surface area contributed by atoms with Crippen molar-refractivity contribution in [3.8, 4) is 0 Å². The Morgan fingerprint density at radius 3 is 2.94 bits per heavy atom. The Labute approximate surface area is 112 Å². The van der Waals surface area contributed by atoms with E-state index in [2.05, 4.69) is 17.3 Å². The van der Waals surface area contributed by atoms with Crippen LogP contribution in [0, 0.1) is 6.92 Å². The highest BCUT2D eigenvalue weighted by molar-refractivity contribution is 8.14. The van der Waals surface area contributed by atoms with E-state index in [4.69, 9.17) is 4.99 Å². The maximum atomic E-state index is 4.70. The molecule has 2 fully saturated rings. The highest BCUT2D eigenvalue weighted by Crippen LogP contribution is 2.37. The third-order valence-electron chi connectivity index (χ3n) is 4.15. The zero-order valence-corrected chi connectivity index (χ0v) is 11.9. The minimum atomic E-state index is 0.369. The first-order valence-electron chi connectivity index (χ1n) is 6.61. The van der Waals surface area contributed by atoms with Gasteiger partial charge in [0.1, 0.15) is 0 Å². The van der Waals surface area contributed by atoms with Crippen molar-refractivity contribution in [2.75, 3.05) is 5.75 Å². The van der Waals surface area contributed by atoms with Gasteiger partial charge in [0.15, 0.2) is 5.17 Å². The molecule has 98 valence electrons. The number of hydrogen-bond donors (Lipinski definition) is 1. The molecule has 0 amide bonds. The third-order valence-corrected chi connectivity index (χ3v) is 5.35. The predicted molar refractivity (Wildman–Crippen MR) is 75.9 cm³/mol. The molecule has 1 aliphatic carbocycles. The summed E-state index contributed by atoms with van der Waals surface area (Å²) in [5, 5.41) is 9.03. The number of hydrogen-bond acceptors (Lipinski definition) is 3. The average molecular weight is 264 g/mol. The Morgan fingerprint density at radius 1 is 1.50 bits per heavy atom. The van der Waals surface area contributed by atoms with Gasteiger partial charge in [0.2, 0.25) is 0 Å².